The van der Waals surface area contributed by atoms with E-state index in [0.29, 0.717) is 12.1 Å². The van der Waals surface area contributed by atoms with Crippen LogP contribution in [0.2, 0.25) is 0 Å². The molecular weight excluding hydrogens is 256 g/mol. The lowest BCUT2D eigenvalue weighted by molar-refractivity contribution is -0.136. The maximum absolute atomic E-state index is 12.2. The number of rotatable bonds is 6. The van der Waals surface area contributed by atoms with Gasteiger partial charge in [-0.3, -0.25) is 9.69 Å². The molecule has 106 valence electrons. The largest absolute Gasteiger partial charge is 0.481 e. The summed E-state index contributed by atoms with van der Waals surface area (Å²) in [5, 5.41) is 11.5. The van der Waals surface area contributed by atoms with E-state index in [2.05, 4.69) is 11.2 Å². The van der Waals surface area contributed by atoms with Gasteiger partial charge in [0.25, 0.3) is 0 Å². The fourth-order valence-electron chi connectivity index (χ4n) is 1.65. The van der Waals surface area contributed by atoms with E-state index in [0.717, 1.165) is 0 Å². The van der Waals surface area contributed by atoms with Crippen molar-refractivity contribution in [3.05, 3.63) is 30.3 Å². The normalized spacial score (nSPS) is 11.2. The molecule has 0 aromatic heterocycles. The zero-order valence-electron chi connectivity index (χ0n) is 11.4. The Morgan fingerprint density at radius 3 is 2.55 bits per heavy atom. The average Bonchev–Trinajstić information content (AvgIpc) is 2.45. The van der Waals surface area contributed by atoms with Crippen LogP contribution in [0, 0.1) is 12.3 Å². The number of urea groups is 1. The van der Waals surface area contributed by atoms with Crippen LogP contribution in [0.5, 0.6) is 0 Å². The van der Waals surface area contributed by atoms with E-state index in [4.69, 9.17) is 11.5 Å². The molecule has 0 saturated carbocycles. The number of carbonyl (C=O) groups excluding carboxylic acids is 1. The quantitative estimate of drug-likeness (QED) is 0.780. The second-order valence-electron chi connectivity index (χ2n) is 4.21. The Labute approximate surface area is 118 Å². The number of aliphatic carboxylic acids is 1. The summed E-state index contributed by atoms with van der Waals surface area (Å²) >= 11 is 0. The van der Waals surface area contributed by atoms with Crippen molar-refractivity contribution in [1.29, 1.82) is 0 Å². The predicted molar refractivity (Wildman–Crippen MR) is 77.5 cm³/mol. The van der Waals surface area contributed by atoms with E-state index >= 15 is 0 Å². The SMILES string of the molecule is C#CC(CC)NC(=O)N(CCC(=O)O)c1ccccc1. The molecule has 0 aliphatic heterocycles. The van der Waals surface area contributed by atoms with Crippen molar-refractivity contribution in [3.63, 3.8) is 0 Å². The van der Waals surface area contributed by atoms with Crippen LogP contribution in [0.1, 0.15) is 19.8 Å². The number of carboxylic acid groups (broad SMARTS) is 1. The average molecular weight is 274 g/mol. The molecule has 0 saturated heterocycles. The van der Waals surface area contributed by atoms with Gasteiger partial charge >= 0.3 is 12.0 Å². The minimum Gasteiger partial charge on any atom is -0.481 e. The van der Waals surface area contributed by atoms with Crippen LogP contribution in [-0.4, -0.2) is 29.7 Å². The third-order valence-electron chi connectivity index (χ3n) is 2.77. The zero-order valence-corrected chi connectivity index (χ0v) is 11.4. The minimum atomic E-state index is -0.956. The Balaban J connectivity index is 2.85. The summed E-state index contributed by atoms with van der Waals surface area (Å²) in [4.78, 5) is 24.3. The monoisotopic (exact) mass is 274 g/mol. The summed E-state index contributed by atoms with van der Waals surface area (Å²) < 4.78 is 0. The molecule has 0 aliphatic rings. The van der Waals surface area contributed by atoms with E-state index in [1.54, 1.807) is 24.3 Å². The number of anilines is 1. The van der Waals surface area contributed by atoms with Crippen LogP contribution >= 0.6 is 0 Å². The first-order valence-corrected chi connectivity index (χ1v) is 6.39. The van der Waals surface area contributed by atoms with Gasteiger partial charge in [0, 0.05) is 12.2 Å². The molecule has 0 spiro atoms. The van der Waals surface area contributed by atoms with Crippen molar-refractivity contribution in [2.75, 3.05) is 11.4 Å². The first kappa shape index (κ1) is 15.6. The van der Waals surface area contributed by atoms with Crippen LogP contribution in [0.3, 0.4) is 0 Å². The molecule has 1 rings (SSSR count). The number of nitrogens with one attached hydrogen (secondary N) is 1. The van der Waals surface area contributed by atoms with Gasteiger partial charge in [0.2, 0.25) is 0 Å². The van der Waals surface area contributed by atoms with Gasteiger partial charge in [0.1, 0.15) is 0 Å². The minimum absolute atomic E-state index is 0.0895. The summed E-state index contributed by atoms with van der Waals surface area (Å²) in [6.07, 6.45) is 5.80. The number of carboxylic acids is 1. The van der Waals surface area contributed by atoms with Gasteiger partial charge in [-0.15, -0.1) is 6.42 Å². The number of carbonyl (C=O) groups is 2. The smallest absolute Gasteiger partial charge is 0.322 e. The third-order valence-corrected chi connectivity index (χ3v) is 2.77. The summed E-state index contributed by atoms with van der Waals surface area (Å²) in [6, 6.07) is 8.15. The Morgan fingerprint density at radius 1 is 1.40 bits per heavy atom. The topological polar surface area (TPSA) is 69.6 Å². The van der Waals surface area contributed by atoms with Gasteiger partial charge in [0.15, 0.2) is 0 Å². The van der Waals surface area contributed by atoms with Crippen LogP contribution < -0.4 is 10.2 Å². The van der Waals surface area contributed by atoms with Crippen molar-refractivity contribution >= 4 is 17.7 Å². The molecule has 1 aromatic rings. The molecule has 1 unspecified atom stereocenters. The Bertz CT molecular complexity index is 494. The Kier molecular flexibility index (Phi) is 6.11. The highest BCUT2D eigenvalue weighted by molar-refractivity contribution is 5.92. The lowest BCUT2D eigenvalue weighted by Crippen LogP contribution is -2.45. The number of benzene rings is 1. The number of hydrogen-bond acceptors (Lipinski definition) is 2. The van der Waals surface area contributed by atoms with E-state index in [9.17, 15) is 9.59 Å². The van der Waals surface area contributed by atoms with Crippen LogP contribution in [-0.2, 0) is 4.79 Å². The highest BCUT2D eigenvalue weighted by Gasteiger charge is 2.18. The number of amides is 2. The lowest BCUT2D eigenvalue weighted by atomic mass is 10.2. The van der Waals surface area contributed by atoms with Crippen molar-refractivity contribution in [2.24, 2.45) is 0 Å². The molecule has 0 heterocycles. The fraction of sp³-hybridized carbons (Fsp3) is 0.333. The molecule has 0 bridgehead atoms. The second-order valence-corrected chi connectivity index (χ2v) is 4.21. The lowest BCUT2D eigenvalue weighted by Gasteiger charge is -2.24. The summed E-state index contributed by atoms with van der Waals surface area (Å²) in [5.41, 5.74) is 0.637. The number of para-hydroxylation sites is 1. The van der Waals surface area contributed by atoms with E-state index in [1.807, 2.05) is 13.0 Å². The van der Waals surface area contributed by atoms with Crippen LogP contribution in [0.25, 0.3) is 0 Å². The van der Waals surface area contributed by atoms with Gasteiger partial charge in [-0.05, 0) is 18.6 Å². The van der Waals surface area contributed by atoms with Crippen LogP contribution in [0.4, 0.5) is 10.5 Å². The molecular formula is C15H18N2O3. The number of nitrogens with zero attached hydrogens (tertiary/aromatic N) is 1. The van der Waals surface area contributed by atoms with E-state index in [1.165, 1.54) is 4.90 Å². The first-order valence-electron chi connectivity index (χ1n) is 6.39. The van der Waals surface area contributed by atoms with E-state index < -0.39 is 5.97 Å². The molecule has 2 N–H and O–H groups in total. The summed E-state index contributed by atoms with van der Waals surface area (Å²) in [7, 11) is 0. The van der Waals surface area contributed by atoms with Gasteiger partial charge in [-0.25, -0.2) is 4.79 Å². The van der Waals surface area contributed by atoms with Crippen molar-refractivity contribution in [1.82, 2.24) is 5.32 Å². The molecule has 5 nitrogen and oxygen atoms in total. The van der Waals surface area contributed by atoms with Gasteiger partial charge in [-0.1, -0.05) is 31.0 Å². The summed E-state index contributed by atoms with van der Waals surface area (Å²) in [5.74, 6) is 1.52. The van der Waals surface area contributed by atoms with E-state index in [-0.39, 0.29) is 25.0 Å². The zero-order chi connectivity index (χ0) is 15.0. The Hall–Kier alpha value is -2.48. The molecule has 2 amide bonds. The maximum atomic E-state index is 12.2. The predicted octanol–water partition coefficient (Wildman–Crippen LogP) is 2.09. The van der Waals surface area contributed by atoms with Crippen LogP contribution in [0.15, 0.2) is 30.3 Å². The molecule has 0 fully saturated rings. The standard InChI is InChI=1S/C15H18N2O3/c1-3-12(4-2)16-15(20)17(11-10-14(18)19)13-8-6-5-7-9-13/h1,5-9,12H,4,10-11H2,2H3,(H,16,20)(H,18,19). The molecule has 0 radical (unpaired) electrons. The number of hydrogen-bond donors (Lipinski definition) is 2. The molecule has 5 heteroatoms. The van der Waals surface area contributed by atoms with Crippen molar-refractivity contribution in [2.45, 2.75) is 25.8 Å². The molecule has 20 heavy (non-hydrogen) atoms. The second kappa shape index (κ2) is 7.85. The maximum Gasteiger partial charge on any atom is 0.322 e. The third kappa shape index (κ3) is 4.65. The fourth-order valence-corrected chi connectivity index (χ4v) is 1.65. The Morgan fingerprint density at radius 2 is 2.05 bits per heavy atom. The molecule has 1 atom stereocenters. The van der Waals surface area contributed by atoms with Crippen molar-refractivity contribution in [3.8, 4) is 12.3 Å². The molecule has 1 aromatic carbocycles. The highest BCUT2D eigenvalue weighted by Crippen LogP contribution is 2.14. The number of terminal acetylenes is 1. The molecule has 0 aliphatic carbocycles. The van der Waals surface area contributed by atoms with Crippen molar-refractivity contribution < 1.29 is 14.7 Å². The first-order chi connectivity index (χ1) is 9.58. The highest BCUT2D eigenvalue weighted by atomic mass is 16.4. The van der Waals surface area contributed by atoms with Gasteiger partial charge in [-0.2, -0.15) is 0 Å². The summed E-state index contributed by atoms with van der Waals surface area (Å²) in [6.45, 7) is 1.96. The van der Waals surface area contributed by atoms with Gasteiger partial charge < -0.3 is 10.4 Å². The van der Waals surface area contributed by atoms with Gasteiger partial charge in [0.05, 0.1) is 12.5 Å².